The molecule has 3 nitrogen and oxygen atoms in total. The molecule has 0 saturated heterocycles. The van der Waals surface area contributed by atoms with Crippen molar-refractivity contribution in [1.29, 1.82) is 0 Å². The molecule has 0 spiro atoms. The molecule has 1 rings (SSSR count). The summed E-state index contributed by atoms with van der Waals surface area (Å²) in [5.74, 6) is 1.59. The van der Waals surface area contributed by atoms with Crippen molar-refractivity contribution in [2.75, 3.05) is 20.8 Å². The minimum absolute atomic E-state index is 0.399. The van der Waals surface area contributed by atoms with E-state index in [4.69, 9.17) is 9.47 Å². The molecular weight excluding hydrogens is 238 g/mol. The third-order valence-electron chi connectivity index (χ3n) is 3.36. The van der Waals surface area contributed by atoms with Crippen LogP contribution in [-0.2, 0) is 0 Å². The van der Waals surface area contributed by atoms with Crippen molar-refractivity contribution in [3.8, 4) is 11.5 Å². The number of methoxy groups -OCH3 is 2. The van der Waals surface area contributed by atoms with E-state index in [1.54, 1.807) is 14.2 Å². The van der Waals surface area contributed by atoms with Gasteiger partial charge in [-0.3, -0.25) is 0 Å². The molecule has 1 unspecified atom stereocenters. The van der Waals surface area contributed by atoms with Crippen LogP contribution in [0, 0.1) is 0 Å². The molecule has 0 aliphatic carbocycles. The maximum Gasteiger partial charge on any atom is 0.161 e. The Morgan fingerprint density at radius 3 is 2.37 bits per heavy atom. The quantitative estimate of drug-likeness (QED) is 0.686. The molecule has 1 atom stereocenters. The molecule has 3 heteroatoms. The van der Waals surface area contributed by atoms with Crippen LogP contribution in [0.4, 0.5) is 0 Å². The summed E-state index contributed by atoms with van der Waals surface area (Å²) in [5, 5.41) is 3.55. The highest BCUT2D eigenvalue weighted by atomic mass is 16.5. The van der Waals surface area contributed by atoms with Crippen LogP contribution in [0.15, 0.2) is 18.2 Å². The Bertz CT molecular complexity index is 366. The summed E-state index contributed by atoms with van der Waals surface area (Å²) in [7, 11) is 3.35. The van der Waals surface area contributed by atoms with E-state index in [1.165, 1.54) is 24.8 Å². The van der Waals surface area contributed by atoms with E-state index in [0.717, 1.165) is 24.5 Å². The average Bonchev–Trinajstić information content (AvgIpc) is 2.45. The number of nitrogens with one attached hydrogen (secondary N) is 1. The van der Waals surface area contributed by atoms with Crippen LogP contribution in [0.5, 0.6) is 11.5 Å². The lowest BCUT2D eigenvalue weighted by Gasteiger charge is -2.19. The standard InChI is InChI=1S/C16H27NO2/c1-5-7-8-9-14(17-6-2)13-10-11-15(18-3)16(12-13)19-4/h10-12,14,17H,5-9H2,1-4H3. The van der Waals surface area contributed by atoms with Gasteiger partial charge < -0.3 is 14.8 Å². The molecule has 1 aromatic carbocycles. The molecule has 0 bridgehead atoms. The molecule has 1 N–H and O–H groups in total. The Balaban J connectivity index is 2.82. The van der Waals surface area contributed by atoms with E-state index in [0.29, 0.717) is 6.04 Å². The summed E-state index contributed by atoms with van der Waals surface area (Å²) in [6.07, 6.45) is 4.96. The zero-order chi connectivity index (χ0) is 14.1. The van der Waals surface area contributed by atoms with Gasteiger partial charge in [-0.05, 0) is 30.7 Å². The molecule has 0 aliphatic heterocycles. The highest BCUT2D eigenvalue weighted by Crippen LogP contribution is 2.31. The van der Waals surface area contributed by atoms with Crippen LogP contribution in [0.2, 0.25) is 0 Å². The number of unbranched alkanes of at least 4 members (excludes halogenated alkanes) is 2. The fourth-order valence-electron chi connectivity index (χ4n) is 2.30. The minimum atomic E-state index is 0.399. The molecule has 0 radical (unpaired) electrons. The fraction of sp³-hybridized carbons (Fsp3) is 0.625. The Kier molecular flexibility index (Phi) is 7.34. The number of benzene rings is 1. The first kappa shape index (κ1) is 15.8. The van der Waals surface area contributed by atoms with Crippen molar-refractivity contribution in [2.24, 2.45) is 0 Å². The molecule has 0 amide bonds. The van der Waals surface area contributed by atoms with Gasteiger partial charge in [0.05, 0.1) is 14.2 Å². The molecule has 0 fully saturated rings. The minimum Gasteiger partial charge on any atom is -0.493 e. The van der Waals surface area contributed by atoms with Crippen molar-refractivity contribution < 1.29 is 9.47 Å². The van der Waals surface area contributed by atoms with Gasteiger partial charge >= 0.3 is 0 Å². The van der Waals surface area contributed by atoms with Crippen LogP contribution in [0.3, 0.4) is 0 Å². The lowest BCUT2D eigenvalue weighted by molar-refractivity contribution is 0.353. The van der Waals surface area contributed by atoms with E-state index in [2.05, 4.69) is 31.3 Å². The molecule has 0 aliphatic rings. The largest absolute Gasteiger partial charge is 0.493 e. The summed E-state index contributed by atoms with van der Waals surface area (Å²) in [6, 6.07) is 6.59. The van der Waals surface area contributed by atoms with Crippen LogP contribution >= 0.6 is 0 Å². The lowest BCUT2D eigenvalue weighted by atomic mass is 10.00. The van der Waals surface area contributed by atoms with Gasteiger partial charge in [0, 0.05) is 6.04 Å². The molecule has 0 heterocycles. The number of ether oxygens (including phenoxy) is 2. The summed E-state index contributed by atoms with van der Waals surface area (Å²) >= 11 is 0. The highest BCUT2D eigenvalue weighted by Gasteiger charge is 2.13. The monoisotopic (exact) mass is 265 g/mol. The van der Waals surface area contributed by atoms with Crippen LogP contribution in [-0.4, -0.2) is 20.8 Å². The first-order valence-corrected chi connectivity index (χ1v) is 7.22. The molecule has 1 aromatic rings. The predicted octanol–water partition coefficient (Wildman–Crippen LogP) is 3.93. The average molecular weight is 265 g/mol. The van der Waals surface area contributed by atoms with Gasteiger partial charge in [-0.1, -0.05) is 39.2 Å². The molecule has 0 aromatic heterocycles. The van der Waals surface area contributed by atoms with E-state index >= 15 is 0 Å². The highest BCUT2D eigenvalue weighted by molar-refractivity contribution is 5.43. The summed E-state index contributed by atoms with van der Waals surface area (Å²) in [5.41, 5.74) is 1.27. The topological polar surface area (TPSA) is 30.5 Å². The van der Waals surface area contributed by atoms with Gasteiger partial charge in [0.25, 0.3) is 0 Å². The van der Waals surface area contributed by atoms with Gasteiger partial charge in [-0.2, -0.15) is 0 Å². The van der Waals surface area contributed by atoms with Crippen molar-refractivity contribution in [2.45, 2.75) is 45.6 Å². The van der Waals surface area contributed by atoms with E-state index in [-0.39, 0.29) is 0 Å². The van der Waals surface area contributed by atoms with Gasteiger partial charge in [-0.25, -0.2) is 0 Å². The Hall–Kier alpha value is -1.22. The molecular formula is C16H27NO2. The Labute approximate surface area is 117 Å². The summed E-state index contributed by atoms with van der Waals surface area (Å²) < 4.78 is 10.7. The maximum absolute atomic E-state index is 5.38. The van der Waals surface area contributed by atoms with Crippen LogP contribution in [0.25, 0.3) is 0 Å². The molecule has 0 saturated carbocycles. The van der Waals surface area contributed by atoms with Crippen LogP contribution < -0.4 is 14.8 Å². The van der Waals surface area contributed by atoms with Gasteiger partial charge in [0.15, 0.2) is 11.5 Å². The first-order valence-electron chi connectivity index (χ1n) is 7.22. The number of hydrogen-bond acceptors (Lipinski definition) is 3. The van der Waals surface area contributed by atoms with E-state index < -0.39 is 0 Å². The van der Waals surface area contributed by atoms with Crippen molar-refractivity contribution >= 4 is 0 Å². The zero-order valence-electron chi connectivity index (χ0n) is 12.7. The number of hydrogen-bond donors (Lipinski definition) is 1. The SMILES string of the molecule is CCCCCC(NCC)c1ccc(OC)c(OC)c1. The van der Waals surface area contributed by atoms with Crippen LogP contribution in [0.1, 0.15) is 51.1 Å². The lowest BCUT2D eigenvalue weighted by Crippen LogP contribution is -2.20. The van der Waals surface area contributed by atoms with Crippen molar-refractivity contribution in [3.63, 3.8) is 0 Å². The third-order valence-corrected chi connectivity index (χ3v) is 3.36. The normalized spacial score (nSPS) is 12.2. The number of rotatable bonds is 9. The smallest absolute Gasteiger partial charge is 0.161 e. The van der Waals surface area contributed by atoms with Crippen molar-refractivity contribution in [1.82, 2.24) is 5.32 Å². The van der Waals surface area contributed by atoms with Crippen molar-refractivity contribution in [3.05, 3.63) is 23.8 Å². The molecule has 108 valence electrons. The van der Waals surface area contributed by atoms with Gasteiger partial charge in [-0.15, -0.1) is 0 Å². The Morgan fingerprint density at radius 1 is 1.05 bits per heavy atom. The van der Waals surface area contributed by atoms with E-state index in [1.807, 2.05) is 6.07 Å². The third kappa shape index (κ3) is 4.75. The maximum atomic E-state index is 5.38. The fourth-order valence-corrected chi connectivity index (χ4v) is 2.30. The molecule has 19 heavy (non-hydrogen) atoms. The second-order valence-electron chi connectivity index (χ2n) is 4.72. The second-order valence-corrected chi connectivity index (χ2v) is 4.72. The predicted molar refractivity (Wildman–Crippen MR) is 80.1 cm³/mol. The Morgan fingerprint density at radius 2 is 1.79 bits per heavy atom. The second kappa shape index (κ2) is 8.81. The summed E-state index contributed by atoms with van der Waals surface area (Å²) in [4.78, 5) is 0. The summed E-state index contributed by atoms with van der Waals surface area (Å²) in [6.45, 7) is 5.36. The van der Waals surface area contributed by atoms with E-state index in [9.17, 15) is 0 Å². The first-order chi connectivity index (χ1) is 9.26. The van der Waals surface area contributed by atoms with Gasteiger partial charge in [0.2, 0.25) is 0 Å². The zero-order valence-corrected chi connectivity index (χ0v) is 12.7. The van der Waals surface area contributed by atoms with Gasteiger partial charge in [0.1, 0.15) is 0 Å².